The molecule has 0 aliphatic carbocycles. The van der Waals surface area contributed by atoms with Crippen LogP contribution in [-0.2, 0) is 0 Å². The van der Waals surface area contributed by atoms with E-state index in [0.717, 1.165) is 5.01 Å². The molecule has 204 valence electrons. The molecule has 0 saturated carbocycles. The fourth-order valence-electron chi connectivity index (χ4n) is 3.94. The van der Waals surface area contributed by atoms with Gasteiger partial charge in [0.25, 0.3) is 0 Å². The van der Waals surface area contributed by atoms with Crippen molar-refractivity contribution >= 4 is 34.3 Å². The minimum absolute atomic E-state index is 0.0237. The van der Waals surface area contributed by atoms with Crippen LogP contribution in [0.3, 0.4) is 0 Å². The molecule has 0 fully saturated rings. The predicted octanol–water partition coefficient (Wildman–Crippen LogP) is 3.83. The third kappa shape index (κ3) is 4.31. The lowest BCUT2D eigenvalue weighted by atomic mass is 10.1. The quantitative estimate of drug-likeness (QED) is 0.362. The molecule has 13 nitrogen and oxygen atoms in total. The van der Waals surface area contributed by atoms with Crippen LogP contribution < -0.4 is 30.7 Å². The summed E-state index contributed by atoms with van der Waals surface area (Å²) in [6.45, 7) is 0.644. The number of hydrogen-bond donors (Lipinski definition) is 1. The molecule has 19 heteroatoms. The first-order valence-corrected chi connectivity index (χ1v) is 11.2. The van der Waals surface area contributed by atoms with E-state index in [1.54, 1.807) is 6.07 Å². The summed E-state index contributed by atoms with van der Waals surface area (Å²) in [4.78, 5) is 21.5. The normalized spacial score (nSPS) is 17.9. The topological polar surface area (TPSA) is 124 Å². The molecule has 1 N–H and O–H groups in total. The van der Waals surface area contributed by atoms with Crippen LogP contribution in [0, 0.1) is 6.92 Å². The summed E-state index contributed by atoms with van der Waals surface area (Å²) in [6.07, 6.45) is -5.93. The van der Waals surface area contributed by atoms with Gasteiger partial charge in [0.2, 0.25) is 0 Å². The van der Waals surface area contributed by atoms with E-state index in [2.05, 4.69) is 35.3 Å². The van der Waals surface area contributed by atoms with E-state index in [0.29, 0.717) is 5.56 Å². The molecule has 39 heavy (non-hydrogen) atoms. The minimum atomic E-state index is -4.72. The number of halogens is 6. The van der Waals surface area contributed by atoms with E-state index < -0.39 is 30.6 Å². The van der Waals surface area contributed by atoms with Gasteiger partial charge in [-0.15, -0.1) is 22.0 Å². The van der Waals surface area contributed by atoms with E-state index in [4.69, 9.17) is 16.0 Å². The van der Waals surface area contributed by atoms with Crippen molar-refractivity contribution in [2.45, 2.75) is 19.5 Å². The summed E-state index contributed by atoms with van der Waals surface area (Å²) in [6, 6.07) is 3.96. The Balaban J connectivity index is 1.40. The summed E-state index contributed by atoms with van der Waals surface area (Å²) in [5, 5.41) is 9.63. The molecule has 0 atom stereocenters. The number of alkyl halides is 5. The van der Waals surface area contributed by atoms with Crippen LogP contribution in [0.1, 0.15) is 5.56 Å². The Morgan fingerprint density at radius 2 is 2.03 bits per heavy atom. The summed E-state index contributed by atoms with van der Waals surface area (Å²) in [5.74, 6) is -0.772. The van der Waals surface area contributed by atoms with E-state index >= 15 is 0 Å². The number of nitrogens with one attached hydrogen (secondary N) is 1. The van der Waals surface area contributed by atoms with Crippen LogP contribution >= 0.6 is 11.6 Å². The Morgan fingerprint density at radius 1 is 1.23 bits per heavy atom. The van der Waals surface area contributed by atoms with Crippen molar-refractivity contribution in [1.82, 2.24) is 25.4 Å². The Labute approximate surface area is 218 Å². The Hall–Kier alpha value is -4.61. The fourth-order valence-corrected chi connectivity index (χ4v) is 4.14. The molecule has 3 aliphatic heterocycles. The zero-order valence-electron chi connectivity index (χ0n) is 19.3. The van der Waals surface area contributed by atoms with Crippen LogP contribution in [0.5, 0.6) is 11.5 Å². The highest BCUT2D eigenvalue weighted by atomic mass is 35.5. The van der Waals surface area contributed by atoms with Gasteiger partial charge in [-0.25, -0.2) is 14.8 Å². The maximum Gasteiger partial charge on any atom is 0.586 e. The lowest BCUT2D eigenvalue weighted by Gasteiger charge is -2.27. The third-order valence-corrected chi connectivity index (χ3v) is 5.84. The van der Waals surface area contributed by atoms with E-state index in [9.17, 15) is 26.7 Å². The summed E-state index contributed by atoms with van der Waals surface area (Å²) in [7, 11) is 0. The highest BCUT2D eigenvalue weighted by molar-refractivity contribution is 6.33. The van der Waals surface area contributed by atoms with Crippen LogP contribution in [0.4, 0.5) is 33.8 Å². The monoisotopic (exact) mass is 573 g/mol. The zero-order chi connectivity index (χ0) is 27.7. The van der Waals surface area contributed by atoms with Crippen LogP contribution in [0.2, 0.25) is 5.02 Å². The van der Waals surface area contributed by atoms with Gasteiger partial charge in [0.1, 0.15) is 12.1 Å². The number of anilines is 2. The molecule has 2 aromatic heterocycles. The number of fused-ring (bicyclic) bond motifs is 3. The number of rotatable bonds is 4. The second kappa shape index (κ2) is 8.45. The van der Waals surface area contributed by atoms with Crippen molar-refractivity contribution in [3.8, 4) is 11.5 Å². The number of benzene rings is 1. The number of hydrazine groups is 2. The molecular formula is C20H13ClF5N9O4. The zero-order valence-corrected chi connectivity index (χ0v) is 20.0. The van der Waals surface area contributed by atoms with Crippen molar-refractivity contribution in [1.29, 1.82) is 0 Å². The van der Waals surface area contributed by atoms with E-state index in [1.165, 1.54) is 41.6 Å². The highest BCUT2D eigenvalue weighted by Crippen LogP contribution is 2.45. The number of hydrogen-bond acceptors (Lipinski definition) is 13. The molecule has 0 radical (unpaired) electrons. The van der Waals surface area contributed by atoms with Crippen molar-refractivity contribution in [2.75, 3.05) is 23.3 Å². The highest BCUT2D eigenvalue weighted by Gasteiger charge is 2.46. The number of nitrogens with zero attached hydrogens (tertiary/aromatic N) is 8. The summed E-state index contributed by atoms with van der Waals surface area (Å²) >= 11 is 6.30. The second-order valence-electron chi connectivity index (χ2n) is 8.28. The molecule has 0 unspecified atom stereocenters. The van der Waals surface area contributed by atoms with Crippen molar-refractivity contribution in [2.24, 2.45) is 10.4 Å². The minimum Gasteiger partial charge on any atom is -0.395 e. The first kappa shape index (κ1) is 24.7. The molecule has 6 rings (SSSR count). The maximum atomic E-state index is 13.7. The van der Waals surface area contributed by atoms with Crippen molar-refractivity contribution in [3.05, 3.63) is 57.3 Å². The molecule has 0 amide bonds. The smallest absolute Gasteiger partial charge is 0.395 e. The summed E-state index contributed by atoms with van der Waals surface area (Å²) in [5.41, 5.74) is 2.35. The largest absolute Gasteiger partial charge is 0.586 e. The van der Waals surface area contributed by atoms with Crippen LogP contribution in [-0.4, -0.2) is 45.8 Å². The van der Waals surface area contributed by atoms with Gasteiger partial charge in [-0.05, 0) is 35.9 Å². The van der Waals surface area contributed by atoms with Gasteiger partial charge >= 0.3 is 24.2 Å². The Morgan fingerprint density at radius 3 is 2.74 bits per heavy atom. The van der Waals surface area contributed by atoms with Crippen molar-refractivity contribution in [3.63, 3.8) is 0 Å². The van der Waals surface area contributed by atoms with Gasteiger partial charge in [0, 0.05) is 6.20 Å². The van der Waals surface area contributed by atoms with Gasteiger partial charge < -0.3 is 13.9 Å². The molecule has 0 saturated heterocycles. The Kier molecular flexibility index (Phi) is 5.35. The molecule has 5 heterocycles. The second-order valence-corrected chi connectivity index (χ2v) is 8.69. The van der Waals surface area contributed by atoms with Crippen LogP contribution in [0.25, 0.3) is 10.9 Å². The SMILES string of the molecule is Cc1cc2c(c3c(=O)oc(N4C=C(CN5CN(C(F)(F)F)N=N5)NN4c4ncccc4Cl)nc13)OC(F)(F)O2. The molecule has 3 aliphatic rings. The van der Waals surface area contributed by atoms with Gasteiger partial charge in [0.15, 0.2) is 17.3 Å². The first-order valence-electron chi connectivity index (χ1n) is 10.8. The number of aromatic nitrogens is 2. The molecule has 0 spiro atoms. The van der Waals surface area contributed by atoms with E-state index in [1.807, 2.05) is 0 Å². The van der Waals surface area contributed by atoms with Gasteiger partial charge in [-0.3, -0.25) is 5.43 Å². The number of pyridine rings is 1. The lowest BCUT2D eigenvalue weighted by Crippen LogP contribution is -2.45. The Bertz CT molecular complexity index is 1610. The average Bonchev–Trinajstić information content (AvgIpc) is 3.56. The number of ether oxygens (including phenoxy) is 2. The summed E-state index contributed by atoms with van der Waals surface area (Å²) < 4.78 is 80.5. The molecule has 0 bridgehead atoms. The average molecular weight is 574 g/mol. The fraction of sp³-hybridized carbons (Fsp3) is 0.250. The van der Waals surface area contributed by atoms with E-state index in [-0.39, 0.29) is 50.8 Å². The third-order valence-electron chi connectivity index (χ3n) is 5.55. The standard InChI is InChI=1S/C20H13ClF5N9O4/c1-9-5-12-15(39-20(25,26)38-12)13-14(9)28-18(37-17(13)36)33-7-10(6-32-8-34(31-30-32)19(22,23)24)29-35(33)16-11(21)3-2-4-27-16/h2-5,7,29H,6,8H2,1H3. The molecular weight excluding hydrogens is 561 g/mol. The van der Waals surface area contributed by atoms with Gasteiger partial charge in [-0.2, -0.15) is 20.1 Å². The number of aryl methyl sites for hydroxylation is 1. The first-order chi connectivity index (χ1) is 18.4. The van der Waals surface area contributed by atoms with Gasteiger partial charge in [0.05, 0.1) is 29.0 Å². The molecule has 3 aromatic rings. The lowest BCUT2D eigenvalue weighted by molar-refractivity contribution is -0.286. The van der Waals surface area contributed by atoms with Crippen molar-refractivity contribution < 1.29 is 35.8 Å². The maximum absolute atomic E-state index is 13.7. The van der Waals surface area contributed by atoms with Crippen LogP contribution in [0.15, 0.2) is 56.0 Å². The van der Waals surface area contributed by atoms with Gasteiger partial charge in [-0.1, -0.05) is 16.8 Å². The molecule has 1 aromatic carbocycles. The predicted molar refractivity (Wildman–Crippen MR) is 121 cm³/mol.